The van der Waals surface area contributed by atoms with Crippen molar-refractivity contribution in [2.24, 2.45) is 0 Å². The largest absolute Gasteiger partial charge is 0.491 e. The maximum absolute atomic E-state index is 5.79. The summed E-state index contributed by atoms with van der Waals surface area (Å²) in [5.41, 5.74) is 6.97. The van der Waals surface area contributed by atoms with Crippen molar-refractivity contribution in [2.45, 2.75) is 37.9 Å². The Morgan fingerprint density at radius 1 is 1.13 bits per heavy atom. The third kappa shape index (κ3) is 5.28. The van der Waals surface area contributed by atoms with Gasteiger partial charge in [-0.05, 0) is 36.8 Å². The zero-order valence-electron chi connectivity index (χ0n) is 13.9. The van der Waals surface area contributed by atoms with Crippen molar-refractivity contribution in [1.82, 2.24) is 15.0 Å². The molecule has 3 N–H and O–H groups in total. The van der Waals surface area contributed by atoms with Crippen LogP contribution in [0.1, 0.15) is 32.3 Å². The Balaban J connectivity index is 1.89. The van der Waals surface area contributed by atoms with Crippen molar-refractivity contribution in [3.05, 3.63) is 29.8 Å². The number of anilines is 2. The van der Waals surface area contributed by atoms with E-state index in [0.717, 1.165) is 5.75 Å². The molecule has 0 spiro atoms. The lowest BCUT2D eigenvalue weighted by Gasteiger charge is -2.15. The topological polar surface area (TPSA) is 86.0 Å². The van der Waals surface area contributed by atoms with Gasteiger partial charge in [0, 0.05) is 0 Å². The molecule has 0 aliphatic rings. The number of ether oxygens (including phenoxy) is 1. The number of hydrogen-bond acceptors (Lipinski definition) is 7. The summed E-state index contributed by atoms with van der Waals surface area (Å²) in [7, 11) is 0. The summed E-state index contributed by atoms with van der Waals surface area (Å²) in [6.45, 7) is 6.85. The smallest absolute Gasteiger partial charge is 0.228 e. The van der Waals surface area contributed by atoms with Gasteiger partial charge in [-0.25, -0.2) is 0 Å². The van der Waals surface area contributed by atoms with Crippen LogP contribution in [0.4, 0.5) is 11.9 Å². The first-order valence-corrected chi connectivity index (χ1v) is 8.75. The molecule has 1 atom stereocenters. The third-order valence-electron chi connectivity index (χ3n) is 3.24. The number of aromatic nitrogens is 3. The van der Waals surface area contributed by atoms with Gasteiger partial charge in [-0.2, -0.15) is 15.0 Å². The van der Waals surface area contributed by atoms with E-state index in [1.807, 2.05) is 25.3 Å². The molecule has 124 valence electrons. The van der Waals surface area contributed by atoms with Crippen molar-refractivity contribution in [3.63, 3.8) is 0 Å². The summed E-state index contributed by atoms with van der Waals surface area (Å²) >= 11 is 1.42. The minimum atomic E-state index is 0.0382. The number of nitrogens with zero attached hydrogens (tertiary/aromatic N) is 3. The fourth-order valence-electron chi connectivity index (χ4n) is 1.96. The summed E-state index contributed by atoms with van der Waals surface area (Å²) in [6, 6.07) is 8.21. The first kappa shape index (κ1) is 17.3. The highest BCUT2D eigenvalue weighted by atomic mass is 32.2. The summed E-state index contributed by atoms with van der Waals surface area (Å²) in [5, 5.41) is 3.77. The highest BCUT2D eigenvalue weighted by molar-refractivity contribution is 7.98. The molecule has 0 bridgehead atoms. The van der Waals surface area contributed by atoms with Gasteiger partial charge in [-0.1, -0.05) is 37.7 Å². The van der Waals surface area contributed by atoms with E-state index in [1.54, 1.807) is 0 Å². The number of rotatable bonds is 7. The summed E-state index contributed by atoms with van der Waals surface area (Å²) < 4.78 is 5.79. The first-order valence-electron chi connectivity index (χ1n) is 7.52. The van der Waals surface area contributed by atoms with E-state index in [1.165, 1.54) is 17.3 Å². The predicted octanol–water partition coefficient (Wildman–Crippen LogP) is 3.18. The van der Waals surface area contributed by atoms with Crippen LogP contribution in [0.2, 0.25) is 0 Å². The quantitative estimate of drug-likeness (QED) is 0.753. The van der Waals surface area contributed by atoms with Crippen LogP contribution < -0.4 is 15.8 Å². The molecule has 7 heteroatoms. The summed E-state index contributed by atoms with van der Waals surface area (Å²) in [4.78, 5) is 12.4. The lowest BCUT2D eigenvalue weighted by Crippen LogP contribution is -2.25. The number of hydrogen-bond donors (Lipinski definition) is 2. The minimum absolute atomic E-state index is 0.0382. The molecule has 1 unspecified atom stereocenters. The van der Waals surface area contributed by atoms with Gasteiger partial charge in [0.25, 0.3) is 0 Å². The fraction of sp³-hybridized carbons (Fsp3) is 0.438. The highest BCUT2D eigenvalue weighted by Gasteiger charge is 2.08. The fourth-order valence-corrected chi connectivity index (χ4v) is 2.32. The van der Waals surface area contributed by atoms with Crippen LogP contribution >= 0.6 is 11.8 Å². The molecule has 1 aromatic carbocycles. The Kier molecular flexibility index (Phi) is 6.04. The minimum Gasteiger partial charge on any atom is -0.491 e. The normalized spacial score (nSPS) is 12.2. The zero-order valence-corrected chi connectivity index (χ0v) is 14.7. The molecule has 1 heterocycles. The van der Waals surface area contributed by atoms with E-state index in [4.69, 9.17) is 10.5 Å². The van der Waals surface area contributed by atoms with Gasteiger partial charge in [-0.3, -0.25) is 0 Å². The number of nitrogens with one attached hydrogen (secondary N) is 1. The van der Waals surface area contributed by atoms with Crippen molar-refractivity contribution < 1.29 is 4.74 Å². The van der Waals surface area contributed by atoms with E-state index in [2.05, 4.69) is 46.2 Å². The molecule has 0 saturated heterocycles. The second-order valence-corrected chi connectivity index (χ2v) is 6.36. The Hall–Kier alpha value is -2.02. The van der Waals surface area contributed by atoms with E-state index in [9.17, 15) is 0 Å². The van der Waals surface area contributed by atoms with Crippen LogP contribution in [0.3, 0.4) is 0 Å². The summed E-state index contributed by atoms with van der Waals surface area (Å²) in [5.74, 6) is 2.05. The Bertz CT molecular complexity index is 633. The van der Waals surface area contributed by atoms with Crippen LogP contribution in [-0.2, 0) is 0 Å². The molecule has 2 aromatic rings. The average molecular weight is 333 g/mol. The molecule has 23 heavy (non-hydrogen) atoms. The summed E-state index contributed by atoms with van der Waals surface area (Å²) in [6.07, 6.45) is 1.89. The Morgan fingerprint density at radius 2 is 1.83 bits per heavy atom. The third-order valence-corrected chi connectivity index (χ3v) is 3.78. The van der Waals surface area contributed by atoms with Gasteiger partial charge in [0.2, 0.25) is 11.9 Å². The second-order valence-electron chi connectivity index (χ2n) is 5.58. The van der Waals surface area contributed by atoms with Crippen molar-refractivity contribution in [2.75, 3.05) is 23.9 Å². The van der Waals surface area contributed by atoms with E-state index in [-0.39, 0.29) is 12.0 Å². The SMILES string of the molecule is CSc1nc(N)nc(NC(C)COc2ccc(C(C)C)cc2)n1. The molecular weight excluding hydrogens is 310 g/mol. The van der Waals surface area contributed by atoms with Crippen molar-refractivity contribution in [3.8, 4) is 5.75 Å². The van der Waals surface area contributed by atoms with E-state index >= 15 is 0 Å². The molecule has 6 nitrogen and oxygen atoms in total. The van der Waals surface area contributed by atoms with Crippen LogP contribution in [0.5, 0.6) is 5.75 Å². The molecule has 0 saturated carbocycles. The lowest BCUT2D eigenvalue weighted by molar-refractivity contribution is 0.303. The van der Waals surface area contributed by atoms with Crippen molar-refractivity contribution in [1.29, 1.82) is 0 Å². The van der Waals surface area contributed by atoms with Crippen LogP contribution in [0, 0.1) is 0 Å². The Labute approximate surface area is 141 Å². The van der Waals surface area contributed by atoms with Crippen LogP contribution in [0.25, 0.3) is 0 Å². The predicted molar refractivity (Wildman–Crippen MR) is 95.1 cm³/mol. The molecule has 0 amide bonds. The van der Waals surface area contributed by atoms with Crippen LogP contribution in [-0.4, -0.2) is 33.9 Å². The maximum Gasteiger partial charge on any atom is 0.228 e. The standard InChI is InChI=1S/C16H23N5OS/c1-10(2)12-5-7-13(8-6-12)22-9-11(3)18-15-19-14(17)20-16(21-15)23-4/h5-8,10-11H,9H2,1-4H3,(H3,17,18,19,20,21). The van der Waals surface area contributed by atoms with Crippen LogP contribution in [0.15, 0.2) is 29.4 Å². The highest BCUT2D eigenvalue weighted by Crippen LogP contribution is 2.19. The first-order chi connectivity index (χ1) is 11.0. The zero-order chi connectivity index (χ0) is 16.8. The van der Waals surface area contributed by atoms with Gasteiger partial charge in [0.05, 0.1) is 6.04 Å². The maximum atomic E-state index is 5.79. The van der Waals surface area contributed by atoms with E-state index in [0.29, 0.717) is 23.6 Å². The van der Waals surface area contributed by atoms with Gasteiger partial charge >= 0.3 is 0 Å². The molecule has 0 aliphatic heterocycles. The van der Waals surface area contributed by atoms with Crippen molar-refractivity contribution >= 4 is 23.7 Å². The van der Waals surface area contributed by atoms with E-state index < -0.39 is 0 Å². The lowest BCUT2D eigenvalue weighted by atomic mass is 10.0. The number of benzene rings is 1. The molecule has 0 aliphatic carbocycles. The van der Waals surface area contributed by atoms with Gasteiger partial charge in [-0.15, -0.1) is 0 Å². The second kappa shape index (κ2) is 8.01. The van der Waals surface area contributed by atoms with Gasteiger partial charge < -0.3 is 15.8 Å². The monoisotopic (exact) mass is 333 g/mol. The van der Waals surface area contributed by atoms with Gasteiger partial charge in [0.15, 0.2) is 5.16 Å². The number of thioether (sulfide) groups is 1. The molecule has 1 aromatic heterocycles. The average Bonchev–Trinajstić information content (AvgIpc) is 2.52. The number of nitrogen functional groups attached to an aromatic ring is 1. The Morgan fingerprint density at radius 3 is 2.43 bits per heavy atom. The molecular formula is C16H23N5OS. The number of nitrogens with two attached hydrogens (primary N) is 1. The molecule has 0 radical (unpaired) electrons. The van der Waals surface area contributed by atoms with Gasteiger partial charge in [0.1, 0.15) is 12.4 Å². The molecule has 2 rings (SSSR count). The molecule has 0 fully saturated rings.